The number of anilines is 1. The van der Waals surface area contributed by atoms with Crippen molar-refractivity contribution in [2.75, 3.05) is 39.7 Å². The number of rotatable bonds is 19. The predicted octanol–water partition coefficient (Wildman–Crippen LogP) is -8.86. The summed E-state index contributed by atoms with van der Waals surface area (Å²) >= 11 is 0. The summed E-state index contributed by atoms with van der Waals surface area (Å²) in [6.45, 7) is -3.42. The number of nitrogens with zero attached hydrogens (tertiary/aromatic N) is 6. The van der Waals surface area contributed by atoms with Gasteiger partial charge in [-0.25, -0.2) is 33.3 Å². The van der Waals surface area contributed by atoms with Gasteiger partial charge < -0.3 is 80.2 Å². The molecule has 0 aromatic carbocycles. The van der Waals surface area contributed by atoms with Crippen molar-refractivity contribution in [3.05, 3.63) is 22.7 Å². The molecule has 0 aliphatic carbocycles. The van der Waals surface area contributed by atoms with Crippen LogP contribution in [0.2, 0.25) is 0 Å². The third kappa shape index (κ3) is 11.9. The molecule has 5 saturated heterocycles. The maximum atomic E-state index is 13.6. The van der Waals surface area contributed by atoms with Gasteiger partial charge in [0.05, 0.1) is 33.2 Å². The highest BCUT2D eigenvalue weighted by atomic mass is 31.3. The molecule has 410 valence electrons. The van der Waals surface area contributed by atoms with Gasteiger partial charge in [0, 0.05) is 13.3 Å². The Morgan fingerprint density at radius 3 is 1.81 bits per heavy atom. The number of aliphatic hydroxyl groups is 4. The number of aliphatic imine (C=N–C) groups is 1. The van der Waals surface area contributed by atoms with Gasteiger partial charge in [-0.05, 0) is 6.07 Å². The maximum Gasteiger partial charge on any atom is 0.490 e. The number of fused-ring (bicyclic) bond motifs is 2. The molecular formula is C31H52N13O25P4+. The summed E-state index contributed by atoms with van der Waals surface area (Å²) < 4.78 is 105. The van der Waals surface area contributed by atoms with Gasteiger partial charge >= 0.3 is 37.0 Å². The number of methoxy groups -OCH3 is 1. The molecule has 42 heteroatoms. The summed E-state index contributed by atoms with van der Waals surface area (Å²) in [4.78, 5) is 90.0. The second-order valence-corrected chi connectivity index (χ2v) is 23.0. The molecule has 38 nitrogen and oxygen atoms in total. The Morgan fingerprint density at radius 2 is 1.23 bits per heavy atom. The van der Waals surface area contributed by atoms with Crippen LogP contribution in [0.4, 0.5) is 5.82 Å². The van der Waals surface area contributed by atoms with Gasteiger partial charge in [0.2, 0.25) is 24.8 Å². The number of aliphatic hydroxyl groups excluding tert-OH is 4. The Morgan fingerprint density at radius 1 is 0.712 bits per heavy atom. The van der Waals surface area contributed by atoms with Crippen molar-refractivity contribution in [3.63, 3.8) is 0 Å². The summed E-state index contributed by atoms with van der Waals surface area (Å²) in [6.07, 6.45) is -20.6. The topological polar surface area (TPSA) is 539 Å². The number of nitrogens with one attached hydrogen (secondary N) is 4. The predicted molar refractivity (Wildman–Crippen MR) is 231 cm³/mol. The number of nitrogens with two attached hydrogens (primary N) is 3. The van der Waals surface area contributed by atoms with E-state index in [0.717, 1.165) is 23.9 Å². The number of carbonyl (C=O) groups excluding carboxylic acids is 2. The lowest BCUT2D eigenvalue weighted by Crippen LogP contribution is -2.71. The van der Waals surface area contributed by atoms with Crippen molar-refractivity contribution in [1.29, 1.82) is 0 Å². The highest BCUT2D eigenvalue weighted by Gasteiger charge is 2.59. The molecule has 7 aliphatic rings. The minimum absolute atomic E-state index is 0.245. The van der Waals surface area contributed by atoms with Crippen molar-refractivity contribution in [1.82, 2.24) is 40.6 Å². The van der Waals surface area contributed by atoms with Crippen LogP contribution in [0.5, 0.6) is 0 Å². The molecule has 0 bridgehead atoms. The molecule has 0 spiro atoms. The fourth-order valence-electron chi connectivity index (χ4n) is 8.78. The van der Waals surface area contributed by atoms with Crippen LogP contribution in [0.1, 0.15) is 6.23 Å². The average molecular weight is 1130 g/mol. The van der Waals surface area contributed by atoms with Gasteiger partial charge in [-0.1, -0.05) is 0 Å². The Balaban J connectivity index is 0.890. The zero-order chi connectivity index (χ0) is 53.3. The van der Waals surface area contributed by atoms with Crippen molar-refractivity contribution in [2.45, 2.75) is 111 Å². The maximum absolute atomic E-state index is 13.6. The lowest BCUT2D eigenvalue weighted by Gasteiger charge is -2.38. The lowest BCUT2D eigenvalue weighted by molar-refractivity contribution is -0.515. The molecule has 1 aromatic rings. The van der Waals surface area contributed by atoms with Crippen molar-refractivity contribution >= 4 is 61.6 Å². The summed E-state index contributed by atoms with van der Waals surface area (Å²) in [7, 11) is -20.9. The van der Waals surface area contributed by atoms with Crippen LogP contribution < -0.4 is 44.2 Å². The van der Waals surface area contributed by atoms with Crippen LogP contribution in [-0.2, 0) is 73.5 Å². The molecule has 1 aromatic heterocycles. The average Bonchev–Trinajstić information content (AvgIpc) is 4.07. The number of aromatic nitrogens is 2. The first-order valence-corrected chi connectivity index (χ1v) is 27.3. The monoisotopic (exact) mass is 1130 g/mol. The summed E-state index contributed by atoms with van der Waals surface area (Å²) in [6, 6.07) is -0.739. The van der Waals surface area contributed by atoms with Crippen LogP contribution in [0.3, 0.4) is 0 Å². The Bertz CT molecular complexity index is 2590. The highest BCUT2D eigenvalue weighted by molar-refractivity contribution is 7.66. The van der Waals surface area contributed by atoms with E-state index < -0.39 is 179 Å². The number of nitrogen functional groups attached to an aromatic ring is 1. The Labute approximate surface area is 409 Å². The standard InChI is InChI=1S/C31H51N13O25P4/c1-41-9-44(23-15(41)25(50)40-30(34)38-23)27-19(48)17(46)11(65-27)6-62-71(54,55)68-73(58,59)69-72(56,57)63-7-12-20(21(60-2)28(66-12)42-4-3-13(32)36-31(42)51)67-70(52,53)61-5-10-16(45)18(47)26(64-10)43-8-35-14-22(43)37-29(33)39-24(14)49/h3-4,8-12,14-23,26-30,37-38,45-48H,5-7,33-34H2,1-2H3,(H7-,32,36,39,40,49,50,51,52,53,54,55,56,57,58,59)/p+1/t10-,11-,12-,14?,15?,16-,17-,18-,19-,20-,21-,22?,23?,26-,27-,28-,29?,30?/m1/s1. The molecular weight excluding hydrogens is 1080 g/mol. The van der Waals surface area contributed by atoms with E-state index in [9.17, 15) is 72.6 Å². The van der Waals surface area contributed by atoms with Gasteiger partial charge in [-0.2, -0.15) is 13.6 Å². The van der Waals surface area contributed by atoms with Crippen molar-refractivity contribution in [2.24, 2.45) is 16.5 Å². The third-order valence-corrected chi connectivity index (χ3v) is 17.2. The molecule has 8 heterocycles. The largest absolute Gasteiger partial charge is 0.490 e. The van der Waals surface area contributed by atoms with E-state index in [4.69, 9.17) is 49.7 Å². The number of carbonyl (C=O) groups is 2. The van der Waals surface area contributed by atoms with E-state index in [1.165, 1.54) is 34.1 Å². The number of likely N-dealkylation sites (N-methyl/N-ethyl adjacent to an activating group) is 1. The van der Waals surface area contributed by atoms with Gasteiger partial charge in [0.15, 0.2) is 18.5 Å². The quantitative estimate of drug-likeness (QED) is 0.0452. The van der Waals surface area contributed by atoms with E-state index in [-0.39, 0.29) is 5.82 Å². The zero-order valence-corrected chi connectivity index (χ0v) is 41.1. The fraction of sp³-hybridized carbons (Fsp3) is 0.742. The minimum atomic E-state index is -6.20. The molecule has 10 unspecified atom stereocenters. The SMILES string of the molecule is CO[C@@H]1[C@H](OP(=O)(O)OC[C@H]2O[C@@H](N3C=NC4C(=O)NC(N)NC43)[C@H](O)[C@@H]2O)[C@@H](COP(=O)(O)OP(=O)(O)OP(=O)(O)OC[C@H]2O[C@@H](N3C=[N+](C)C4C(=O)NC(N)NC43)[C@H](O)[C@@H]2O)O[C@H]1n1ccc(N)nc1=O. The highest BCUT2D eigenvalue weighted by Crippen LogP contribution is 2.68. The zero-order valence-electron chi connectivity index (χ0n) is 37.5. The first-order valence-electron chi connectivity index (χ1n) is 21.3. The molecule has 5 fully saturated rings. The number of ether oxygens (including phenoxy) is 4. The molecule has 0 radical (unpaired) electrons. The second kappa shape index (κ2) is 21.2. The molecule has 0 saturated carbocycles. The molecule has 2 amide bonds. The van der Waals surface area contributed by atoms with E-state index in [1.54, 1.807) is 0 Å². The van der Waals surface area contributed by atoms with Crippen molar-refractivity contribution < 1.29 is 118 Å². The molecule has 8 rings (SSSR count). The first-order chi connectivity index (χ1) is 34.1. The van der Waals surface area contributed by atoms with E-state index in [2.05, 4.69) is 44.4 Å². The van der Waals surface area contributed by atoms with E-state index >= 15 is 0 Å². The van der Waals surface area contributed by atoms with Gasteiger partial charge in [-0.3, -0.25) is 58.6 Å². The van der Waals surface area contributed by atoms with E-state index in [0.29, 0.717) is 0 Å². The Hall–Kier alpha value is -3.40. The fourth-order valence-corrected chi connectivity index (χ4v) is 13.3. The second-order valence-electron chi connectivity index (χ2n) is 16.9. The van der Waals surface area contributed by atoms with E-state index in [1.807, 2.05) is 0 Å². The molecule has 7 aliphatic heterocycles. The number of hydrogen-bond donors (Lipinski definition) is 15. The summed E-state index contributed by atoms with van der Waals surface area (Å²) in [5.74, 6) is -1.28. The molecule has 22 atom stereocenters. The van der Waals surface area contributed by atoms with Crippen molar-refractivity contribution in [3.8, 4) is 0 Å². The minimum Gasteiger partial charge on any atom is -0.387 e. The molecule has 73 heavy (non-hydrogen) atoms. The van der Waals surface area contributed by atoms with Crippen LogP contribution in [0.15, 0.2) is 22.1 Å². The summed E-state index contributed by atoms with van der Waals surface area (Å²) in [5, 5.41) is 53.8. The van der Waals surface area contributed by atoms with Gasteiger partial charge in [0.1, 0.15) is 79.5 Å². The van der Waals surface area contributed by atoms with Gasteiger partial charge in [0.25, 0.3) is 11.8 Å². The number of phosphoric acid groups is 4. The van der Waals surface area contributed by atoms with Crippen LogP contribution in [0.25, 0.3) is 0 Å². The van der Waals surface area contributed by atoms with Crippen LogP contribution in [-0.4, -0.2) is 227 Å². The Kier molecular flexibility index (Phi) is 16.2. The first kappa shape index (κ1) is 55.8. The number of hydrogen-bond acceptors (Lipinski definition) is 30. The summed E-state index contributed by atoms with van der Waals surface area (Å²) in [5.41, 5.74) is 16.1. The molecule has 18 N–H and O–H groups in total. The normalized spacial score (nSPS) is 40.5. The van der Waals surface area contributed by atoms with Crippen LogP contribution >= 0.6 is 31.3 Å². The lowest BCUT2D eigenvalue weighted by atomic mass is 10.1. The number of phosphoric ester groups is 3. The third-order valence-electron chi connectivity index (χ3n) is 12.0. The van der Waals surface area contributed by atoms with Crippen LogP contribution in [0, 0.1) is 0 Å². The van der Waals surface area contributed by atoms with Gasteiger partial charge in [-0.15, -0.1) is 0 Å². The number of amides is 2. The smallest absolute Gasteiger partial charge is 0.387 e.